The van der Waals surface area contributed by atoms with E-state index in [9.17, 15) is 4.79 Å². The van der Waals surface area contributed by atoms with Crippen LogP contribution in [-0.4, -0.2) is 43.2 Å². The zero-order valence-electron chi connectivity index (χ0n) is 8.32. The molecule has 0 aliphatic carbocycles. The van der Waals surface area contributed by atoms with E-state index in [0.717, 1.165) is 19.6 Å². The van der Waals surface area contributed by atoms with Gasteiger partial charge in [0.2, 0.25) is 0 Å². The standard InChI is InChI=1S/C9H18N2O2/c1-3-13-9(12)7(2)4-11-5-8(10)6-11/h7-8H,3-6,10H2,1-2H3. The number of rotatable bonds is 4. The highest BCUT2D eigenvalue weighted by Crippen LogP contribution is 2.09. The minimum atomic E-state index is -0.108. The summed E-state index contributed by atoms with van der Waals surface area (Å²) in [5.41, 5.74) is 5.62. The molecule has 0 aromatic heterocycles. The molecule has 1 fully saturated rings. The van der Waals surface area contributed by atoms with Crippen LogP contribution >= 0.6 is 0 Å². The van der Waals surface area contributed by atoms with Crippen molar-refractivity contribution >= 4 is 5.97 Å². The van der Waals surface area contributed by atoms with Gasteiger partial charge in [-0.05, 0) is 6.92 Å². The van der Waals surface area contributed by atoms with Gasteiger partial charge in [0.1, 0.15) is 0 Å². The van der Waals surface area contributed by atoms with Crippen molar-refractivity contribution in [2.45, 2.75) is 19.9 Å². The van der Waals surface area contributed by atoms with Crippen molar-refractivity contribution in [3.05, 3.63) is 0 Å². The van der Waals surface area contributed by atoms with Crippen LogP contribution in [-0.2, 0) is 9.53 Å². The third-order valence-electron chi connectivity index (χ3n) is 2.21. The first-order valence-electron chi connectivity index (χ1n) is 4.78. The summed E-state index contributed by atoms with van der Waals surface area (Å²) in [6.07, 6.45) is 0. The summed E-state index contributed by atoms with van der Waals surface area (Å²) in [6, 6.07) is 0.300. The van der Waals surface area contributed by atoms with E-state index >= 15 is 0 Å². The molecule has 0 radical (unpaired) electrons. The Morgan fingerprint density at radius 2 is 2.31 bits per heavy atom. The van der Waals surface area contributed by atoms with Gasteiger partial charge in [-0.3, -0.25) is 9.69 Å². The van der Waals surface area contributed by atoms with Gasteiger partial charge in [-0.15, -0.1) is 0 Å². The van der Waals surface area contributed by atoms with Gasteiger partial charge in [-0.2, -0.15) is 0 Å². The average Bonchev–Trinajstić information content (AvgIpc) is 2.02. The van der Waals surface area contributed by atoms with Crippen LogP contribution in [0, 0.1) is 5.92 Å². The molecule has 0 aromatic carbocycles. The fraction of sp³-hybridized carbons (Fsp3) is 0.889. The number of ether oxygens (including phenoxy) is 1. The molecule has 1 saturated heterocycles. The lowest BCUT2D eigenvalue weighted by Gasteiger charge is -2.37. The molecule has 4 nitrogen and oxygen atoms in total. The number of nitrogens with zero attached hydrogens (tertiary/aromatic N) is 1. The van der Waals surface area contributed by atoms with Gasteiger partial charge in [0.05, 0.1) is 12.5 Å². The topological polar surface area (TPSA) is 55.6 Å². The zero-order valence-corrected chi connectivity index (χ0v) is 8.32. The Bertz CT molecular complexity index is 178. The van der Waals surface area contributed by atoms with E-state index in [2.05, 4.69) is 4.90 Å². The third kappa shape index (κ3) is 2.97. The van der Waals surface area contributed by atoms with Crippen LogP contribution in [0.2, 0.25) is 0 Å². The summed E-state index contributed by atoms with van der Waals surface area (Å²) >= 11 is 0. The second kappa shape index (κ2) is 4.58. The minimum Gasteiger partial charge on any atom is -0.466 e. The SMILES string of the molecule is CCOC(=O)C(C)CN1CC(N)C1. The molecule has 1 unspecified atom stereocenters. The Morgan fingerprint density at radius 3 is 2.77 bits per heavy atom. The second-order valence-electron chi connectivity index (χ2n) is 3.63. The summed E-state index contributed by atoms with van der Waals surface area (Å²) in [5.74, 6) is -0.143. The Hall–Kier alpha value is -0.610. The fourth-order valence-electron chi connectivity index (χ4n) is 1.51. The first-order valence-corrected chi connectivity index (χ1v) is 4.78. The van der Waals surface area contributed by atoms with E-state index in [1.54, 1.807) is 0 Å². The maximum Gasteiger partial charge on any atom is 0.309 e. The van der Waals surface area contributed by atoms with Crippen molar-refractivity contribution in [2.24, 2.45) is 11.7 Å². The molecule has 1 heterocycles. The van der Waals surface area contributed by atoms with Crippen LogP contribution in [0.1, 0.15) is 13.8 Å². The Morgan fingerprint density at radius 1 is 1.69 bits per heavy atom. The summed E-state index contributed by atoms with van der Waals surface area (Å²) in [4.78, 5) is 13.4. The number of carbonyl (C=O) groups is 1. The number of carbonyl (C=O) groups excluding carboxylic acids is 1. The molecule has 1 aliphatic rings. The molecule has 13 heavy (non-hydrogen) atoms. The highest BCUT2D eigenvalue weighted by Gasteiger charge is 2.26. The lowest BCUT2D eigenvalue weighted by molar-refractivity contribution is -0.148. The number of likely N-dealkylation sites (tertiary alicyclic amines) is 1. The van der Waals surface area contributed by atoms with Crippen molar-refractivity contribution in [3.8, 4) is 0 Å². The van der Waals surface area contributed by atoms with Crippen LogP contribution in [0.4, 0.5) is 0 Å². The van der Waals surface area contributed by atoms with Gasteiger partial charge in [0, 0.05) is 25.7 Å². The first-order chi connectivity index (χ1) is 6.13. The van der Waals surface area contributed by atoms with Gasteiger partial charge in [-0.25, -0.2) is 0 Å². The summed E-state index contributed by atoms with van der Waals surface area (Å²) in [6.45, 7) is 6.76. The van der Waals surface area contributed by atoms with E-state index in [4.69, 9.17) is 10.5 Å². The van der Waals surface area contributed by atoms with Gasteiger partial charge in [-0.1, -0.05) is 6.92 Å². The monoisotopic (exact) mass is 186 g/mol. The molecule has 0 bridgehead atoms. The van der Waals surface area contributed by atoms with Crippen LogP contribution in [0.15, 0.2) is 0 Å². The largest absolute Gasteiger partial charge is 0.466 e. The molecule has 4 heteroatoms. The lowest BCUT2D eigenvalue weighted by Crippen LogP contribution is -2.57. The van der Waals surface area contributed by atoms with E-state index < -0.39 is 0 Å². The van der Waals surface area contributed by atoms with Gasteiger partial charge in [0.15, 0.2) is 0 Å². The summed E-state index contributed by atoms with van der Waals surface area (Å²) < 4.78 is 4.90. The molecule has 1 aliphatic heterocycles. The van der Waals surface area contributed by atoms with E-state index in [1.807, 2.05) is 13.8 Å². The van der Waals surface area contributed by atoms with Crippen LogP contribution in [0.3, 0.4) is 0 Å². The van der Waals surface area contributed by atoms with Crippen molar-refractivity contribution in [3.63, 3.8) is 0 Å². The molecule has 0 saturated carbocycles. The van der Waals surface area contributed by atoms with Crippen LogP contribution in [0.25, 0.3) is 0 Å². The van der Waals surface area contributed by atoms with Gasteiger partial charge >= 0.3 is 5.97 Å². The van der Waals surface area contributed by atoms with Crippen LogP contribution in [0.5, 0.6) is 0 Å². The fourth-order valence-corrected chi connectivity index (χ4v) is 1.51. The normalized spacial score (nSPS) is 20.8. The average molecular weight is 186 g/mol. The molecule has 1 atom stereocenters. The molecule has 0 aromatic rings. The van der Waals surface area contributed by atoms with Gasteiger partial charge in [0.25, 0.3) is 0 Å². The summed E-state index contributed by atoms with van der Waals surface area (Å²) in [7, 11) is 0. The first kappa shape index (κ1) is 10.5. The molecule has 0 amide bonds. The minimum absolute atomic E-state index is 0.0348. The van der Waals surface area contributed by atoms with Crippen LogP contribution < -0.4 is 5.73 Å². The Kier molecular flexibility index (Phi) is 3.69. The smallest absolute Gasteiger partial charge is 0.309 e. The Labute approximate surface area is 79.0 Å². The van der Waals surface area contributed by atoms with Crippen molar-refractivity contribution in [1.82, 2.24) is 4.90 Å². The number of esters is 1. The molecule has 2 N–H and O–H groups in total. The van der Waals surface area contributed by atoms with E-state index in [1.165, 1.54) is 0 Å². The van der Waals surface area contributed by atoms with E-state index in [-0.39, 0.29) is 11.9 Å². The van der Waals surface area contributed by atoms with Crippen molar-refractivity contribution < 1.29 is 9.53 Å². The van der Waals surface area contributed by atoms with Gasteiger partial charge < -0.3 is 10.5 Å². The maximum atomic E-state index is 11.2. The molecule has 0 spiro atoms. The quantitative estimate of drug-likeness (QED) is 0.619. The molecular weight excluding hydrogens is 168 g/mol. The predicted molar refractivity (Wildman–Crippen MR) is 50.2 cm³/mol. The lowest BCUT2D eigenvalue weighted by atomic mass is 10.1. The summed E-state index contributed by atoms with van der Waals surface area (Å²) in [5, 5.41) is 0. The molecular formula is C9H18N2O2. The predicted octanol–water partition coefficient (Wildman–Crippen LogP) is -0.171. The highest BCUT2D eigenvalue weighted by atomic mass is 16.5. The molecule has 1 rings (SSSR count). The number of nitrogens with two attached hydrogens (primary N) is 1. The number of hydrogen-bond donors (Lipinski definition) is 1. The second-order valence-corrected chi connectivity index (χ2v) is 3.63. The van der Waals surface area contributed by atoms with E-state index in [0.29, 0.717) is 12.6 Å². The Balaban J connectivity index is 2.17. The maximum absolute atomic E-state index is 11.2. The zero-order chi connectivity index (χ0) is 9.84. The van der Waals surface area contributed by atoms with Crippen molar-refractivity contribution in [1.29, 1.82) is 0 Å². The highest BCUT2D eigenvalue weighted by molar-refractivity contribution is 5.72. The third-order valence-corrected chi connectivity index (χ3v) is 2.21. The number of hydrogen-bond acceptors (Lipinski definition) is 4. The molecule has 76 valence electrons. The van der Waals surface area contributed by atoms with Crippen molar-refractivity contribution in [2.75, 3.05) is 26.2 Å².